The molecular weight excluding hydrogens is 384 g/mol. The molecule has 0 saturated carbocycles. The number of para-hydroxylation sites is 2. The van der Waals surface area contributed by atoms with Crippen LogP contribution >= 0.6 is 11.8 Å². The van der Waals surface area contributed by atoms with Crippen molar-refractivity contribution in [3.8, 4) is 0 Å². The van der Waals surface area contributed by atoms with Crippen LogP contribution in [0.3, 0.4) is 0 Å². The normalized spacial score (nSPS) is 11.1. The van der Waals surface area contributed by atoms with Crippen LogP contribution in [0.2, 0.25) is 0 Å². The van der Waals surface area contributed by atoms with E-state index in [-0.39, 0.29) is 11.7 Å². The van der Waals surface area contributed by atoms with Crippen LogP contribution in [-0.2, 0) is 17.9 Å². The molecule has 7 heteroatoms. The number of carbonyl (C=O) groups is 1. The molecule has 2 aromatic heterocycles. The van der Waals surface area contributed by atoms with Gasteiger partial charge in [-0.05, 0) is 31.5 Å². The van der Waals surface area contributed by atoms with Crippen molar-refractivity contribution in [2.45, 2.75) is 32.2 Å². The molecule has 0 saturated heterocycles. The lowest BCUT2D eigenvalue weighted by atomic mass is 10.2. The topological polar surface area (TPSA) is 73.0 Å². The molecule has 4 aromatic rings. The number of nitrogens with zero attached hydrogens (tertiary/aromatic N) is 3. The number of benzene rings is 2. The van der Waals surface area contributed by atoms with Crippen LogP contribution in [0.15, 0.2) is 64.2 Å². The molecular formula is C22H22N4O2S. The zero-order chi connectivity index (χ0) is 20.2. The lowest BCUT2D eigenvalue weighted by molar-refractivity contribution is -0.118. The van der Waals surface area contributed by atoms with Gasteiger partial charge in [0.25, 0.3) is 5.22 Å². The first kappa shape index (κ1) is 19.3. The summed E-state index contributed by atoms with van der Waals surface area (Å²) in [4.78, 5) is 16.7. The lowest BCUT2D eigenvalue weighted by Gasteiger charge is -2.07. The van der Waals surface area contributed by atoms with Gasteiger partial charge in [0, 0.05) is 17.8 Å². The second kappa shape index (κ2) is 8.53. The molecule has 2 heterocycles. The number of hydrogen-bond acceptors (Lipinski definition) is 5. The van der Waals surface area contributed by atoms with Crippen molar-refractivity contribution in [1.82, 2.24) is 20.1 Å². The van der Waals surface area contributed by atoms with Gasteiger partial charge in [-0.3, -0.25) is 9.48 Å². The van der Waals surface area contributed by atoms with Crippen molar-refractivity contribution in [1.29, 1.82) is 0 Å². The molecule has 148 valence electrons. The second-order valence-electron chi connectivity index (χ2n) is 6.81. The van der Waals surface area contributed by atoms with Crippen LogP contribution in [-0.4, -0.2) is 26.4 Å². The van der Waals surface area contributed by atoms with E-state index in [1.807, 2.05) is 61.0 Å². The highest BCUT2D eigenvalue weighted by Gasteiger charge is 2.14. The van der Waals surface area contributed by atoms with Gasteiger partial charge in [0.2, 0.25) is 5.91 Å². The molecule has 6 nitrogen and oxygen atoms in total. The van der Waals surface area contributed by atoms with Crippen molar-refractivity contribution in [3.05, 3.63) is 77.1 Å². The standard InChI is InChI=1S/C22H22N4O2S/c1-15-18(16(2)26(25-15)13-17-8-4-3-5-9-17)12-23-21(27)14-29-22-24-19-10-6-7-11-20(19)28-22/h3-11H,12-14H2,1-2H3,(H,23,27). The van der Waals surface area contributed by atoms with Gasteiger partial charge < -0.3 is 9.73 Å². The maximum atomic E-state index is 12.3. The molecule has 0 aliphatic heterocycles. The summed E-state index contributed by atoms with van der Waals surface area (Å²) in [5.41, 5.74) is 5.79. The van der Waals surface area contributed by atoms with Crippen molar-refractivity contribution < 1.29 is 9.21 Å². The minimum absolute atomic E-state index is 0.0631. The molecule has 0 spiro atoms. The van der Waals surface area contributed by atoms with E-state index in [9.17, 15) is 4.79 Å². The van der Waals surface area contributed by atoms with Crippen molar-refractivity contribution in [2.24, 2.45) is 0 Å². The van der Waals surface area contributed by atoms with Crippen LogP contribution in [0.5, 0.6) is 0 Å². The third-order valence-electron chi connectivity index (χ3n) is 4.77. The van der Waals surface area contributed by atoms with Gasteiger partial charge in [-0.25, -0.2) is 4.98 Å². The van der Waals surface area contributed by atoms with Gasteiger partial charge in [0.15, 0.2) is 5.58 Å². The molecule has 29 heavy (non-hydrogen) atoms. The van der Waals surface area contributed by atoms with E-state index < -0.39 is 0 Å². The number of oxazole rings is 1. The van der Waals surface area contributed by atoms with E-state index in [0.717, 1.165) is 34.6 Å². The van der Waals surface area contributed by atoms with E-state index in [1.165, 1.54) is 17.3 Å². The lowest BCUT2D eigenvalue weighted by Crippen LogP contribution is -2.25. The van der Waals surface area contributed by atoms with Gasteiger partial charge in [-0.2, -0.15) is 5.10 Å². The van der Waals surface area contributed by atoms with E-state index in [1.54, 1.807) is 0 Å². The fraction of sp³-hybridized carbons (Fsp3) is 0.227. The third-order valence-corrected chi connectivity index (χ3v) is 5.60. The maximum absolute atomic E-state index is 12.3. The molecule has 2 aromatic carbocycles. The minimum Gasteiger partial charge on any atom is -0.431 e. The fourth-order valence-corrected chi connectivity index (χ4v) is 3.85. The highest BCUT2D eigenvalue weighted by molar-refractivity contribution is 7.99. The summed E-state index contributed by atoms with van der Waals surface area (Å²) in [5, 5.41) is 8.12. The van der Waals surface area contributed by atoms with Crippen molar-refractivity contribution >= 4 is 28.8 Å². The molecule has 1 N–H and O–H groups in total. The Labute approximate surface area is 173 Å². The minimum atomic E-state index is -0.0631. The number of hydrogen-bond donors (Lipinski definition) is 1. The predicted molar refractivity (Wildman–Crippen MR) is 114 cm³/mol. The van der Waals surface area contributed by atoms with E-state index in [0.29, 0.717) is 11.8 Å². The summed E-state index contributed by atoms with van der Waals surface area (Å²) in [5.74, 6) is 0.190. The van der Waals surface area contributed by atoms with Gasteiger partial charge in [-0.1, -0.05) is 54.2 Å². The van der Waals surface area contributed by atoms with Crippen LogP contribution in [0.1, 0.15) is 22.5 Å². The molecule has 0 fully saturated rings. The Morgan fingerprint density at radius 3 is 2.66 bits per heavy atom. The van der Waals surface area contributed by atoms with E-state index in [2.05, 4.69) is 27.5 Å². The van der Waals surface area contributed by atoms with E-state index in [4.69, 9.17) is 4.42 Å². The smallest absolute Gasteiger partial charge is 0.257 e. The summed E-state index contributed by atoms with van der Waals surface area (Å²) < 4.78 is 7.62. The number of fused-ring (bicyclic) bond motifs is 1. The maximum Gasteiger partial charge on any atom is 0.257 e. The number of amides is 1. The monoisotopic (exact) mass is 406 g/mol. The summed E-state index contributed by atoms with van der Waals surface area (Å²) in [6.45, 7) is 5.19. The Morgan fingerprint density at radius 1 is 1.10 bits per heavy atom. The predicted octanol–water partition coefficient (Wildman–Crippen LogP) is 4.10. The van der Waals surface area contributed by atoms with Gasteiger partial charge >= 0.3 is 0 Å². The van der Waals surface area contributed by atoms with Gasteiger partial charge in [0.1, 0.15) is 5.52 Å². The molecule has 0 bridgehead atoms. The first-order chi connectivity index (χ1) is 14.1. The summed E-state index contributed by atoms with van der Waals surface area (Å²) in [6.07, 6.45) is 0. The molecule has 0 unspecified atom stereocenters. The number of nitrogens with one attached hydrogen (secondary N) is 1. The van der Waals surface area contributed by atoms with Crippen LogP contribution < -0.4 is 5.32 Å². The number of aromatic nitrogens is 3. The molecule has 1 amide bonds. The quantitative estimate of drug-likeness (QED) is 0.468. The first-order valence-electron chi connectivity index (χ1n) is 9.42. The summed E-state index contributed by atoms with van der Waals surface area (Å²) in [7, 11) is 0. The van der Waals surface area contributed by atoms with Crippen LogP contribution in [0.4, 0.5) is 0 Å². The number of aryl methyl sites for hydroxylation is 1. The Balaban J connectivity index is 1.34. The number of thioether (sulfide) groups is 1. The zero-order valence-electron chi connectivity index (χ0n) is 16.4. The Kier molecular flexibility index (Phi) is 5.67. The second-order valence-corrected chi connectivity index (χ2v) is 7.73. The van der Waals surface area contributed by atoms with Gasteiger partial charge in [0.05, 0.1) is 18.0 Å². The molecule has 0 aliphatic rings. The van der Waals surface area contributed by atoms with E-state index >= 15 is 0 Å². The highest BCUT2D eigenvalue weighted by Crippen LogP contribution is 2.23. The SMILES string of the molecule is Cc1nn(Cc2ccccc2)c(C)c1CNC(=O)CSc1nc2ccccc2o1. The summed E-state index contributed by atoms with van der Waals surface area (Å²) in [6, 6.07) is 17.8. The largest absolute Gasteiger partial charge is 0.431 e. The van der Waals surface area contributed by atoms with Crippen molar-refractivity contribution in [3.63, 3.8) is 0 Å². The zero-order valence-corrected chi connectivity index (χ0v) is 17.2. The third kappa shape index (κ3) is 4.51. The van der Waals surface area contributed by atoms with Crippen molar-refractivity contribution in [2.75, 3.05) is 5.75 Å². The Bertz CT molecular complexity index is 1100. The van der Waals surface area contributed by atoms with Crippen LogP contribution in [0, 0.1) is 13.8 Å². The molecule has 0 aliphatic carbocycles. The first-order valence-corrected chi connectivity index (χ1v) is 10.4. The number of rotatable bonds is 7. The Hall–Kier alpha value is -3.06. The summed E-state index contributed by atoms with van der Waals surface area (Å²) >= 11 is 1.29. The molecule has 4 rings (SSSR count). The fourth-order valence-electron chi connectivity index (χ4n) is 3.18. The average Bonchev–Trinajstić information content (AvgIpc) is 3.26. The van der Waals surface area contributed by atoms with Crippen LogP contribution in [0.25, 0.3) is 11.1 Å². The number of carbonyl (C=O) groups excluding carboxylic acids is 1. The Morgan fingerprint density at radius 2 is 1.86 bits per heavy atom. The highest BCUT2D eigenvalue weighted by atomic mass is 32.2. The molecule has 0 atom stereocenters. The molecule has 0 radical (unpaired) electrons. The average molecular weight is 407 g/mol. The van der Waals surface area contributed by atoms with Gasteiger partial charge in [-0.15, -0.1) is 0 Å².